The van der Waals surface area contributed by atoms with Crippen LogP contribution in [0.2, 0.25) is 0 Å². The van der Waals surface area contributed by atoms with Crippen LogP contribution in [0.5, 0.6) is 0 Å². The number of benzene rings is 1. The first kappa shape index (κ1) is 12.0. The van der Waals surface area contributed by atoms with Crippen molar-refractivity contribution in [1.29, 1.82) is 0 Å². The molecule has 1 rings (SSSR count). The minimum Gasteiger partial charge on any atom is -0.321 e. The van der Waals surface area contributed by atoms with Crippen molar-refractivity contribution < 1.29 is 0 Å². The Hall–Kier alpha value is -1.08. The summed E-state index contributed by atoms with van der Waals surface area (Å²) in [6.07, 6.45) is 1.81. The van der Waals surface area contributed by atoms with Gasteiger partial charge in [0.25, 0.3) is 0 Å². The zero-order chi connectivity index (χ0) is 11.7. The maximum Gasteiger partial charge on any atom is 0.0484 e. The van der Waals surface area contributed by atoms with E-state index in [0.717, 1.165) is 0 Å². The quantitative estimate of drug-likeness (QED) is 0.732. The van der Waals surface area contributed by atoms with E-state index in [1.165, 1.54) is 33.4 Å². The predicted octanol–water partition coefficient (Wildman–Crippen LogP) is 3.41. The van der Waals surface area contributed by atoms with Crippen molar-refractivity contribution in [3.05, 3.63) is 46.0 Å². The van der Waals surface area contributed by atoms with Gasteiger partial charge in [-0.3, -0.25) is 0 Å². The van der Waals surface area contributed by atoms with E-state index >= 15 is 0 Å². The second kappa shape index (κ2) is 4.19. The average molecular weight is 203 g/mol. The summed E-state index contributed by atoms with van der Waals surface area (Å²) in [5.41, 5.74) is 14.0. The molecule has 0 aliphatic carbocycles. The monoisotopic (exact) mass is 203 g/mol. The van der Waals surface area contributed by atoms with Crippen molar-refractivity contribution in [3.63, 3.8) is 0 Å². The van der Waals surface area contributed by atoms with Crippen LogP contribution in [0.3, 0.4) is 0 Å². The fraction of sp³-hybridized carbons (Fsp3) is 0.429. The van der Waals surface area contributed by atoms with Crippen molar-refractivity contribution in [2.45, 2.75) is 40.7 Å². The van der Waals surface area contributed by atoms with Crippen LogP contribution in [0.1, 0.15) is 39.4 Å². The number of hydrogen-bond donors (Lipinski definition) is 1. The molecule has 1 atom stereocenters. The van der Waals surface area contributed by atoms with Gasteiger partial charge in [0.15, 0.2) is 0 Å². The fourth-order valence-corrected chi connectivity index (χ4v) is 2.15. The standard InChI is InChI=1S/C14H21N/c1-7-13(15)14-11(5)9(3)8(2)10(4)12(14)6/h7,13H,1,15H2,2-6H3/t13-/m0/s1. The highest BCUT2D eigenvalue weighted by atomic mass is 14.6. The average Bonchev–Trinajstić information content (AvgIpc) is 2.23. The predicted molar refractivity (Wildman–Crippen MR) is 67.3 cm³/mol. The Morgan fingerprint density at radius 2 is 1.20 bits per heavy atom. The molecule has 15 heavy (non-hydrogen) atoms. The summed E-state index contributed by atoms with van der Waals surface area (Å²) in [4.78, 5) is 0. The number of hydrogen-bond acceptors (Lipinski definition) is 1. The van der Waals surface area contributed by atoms with Gasteiger partial charge >= 0.3 is 0 Å². The lowest BCUT2D eigenvalue weighted by Gasteiger charge is -2.21. The molecular weight excluding hydrogens is 182 g/mol. The van der Waals surface area contributed by atoms with Crippen LogP contribution in [0.15, 0.2) is 12.7 Å². The summed E-state index contributed by atoms with van der Waals surface area (Å²) in [6.45, 7) is 14.6. The van der Waals surface area contributed by atoms with Crippen molar-refractivity contribution in [3.8, 4) is 0 Å². The first-order chi connectivity index (χ1) is 6.91. The SMILES string of the molecule is C=C[C@H](N)c1c(C)c(C)c(C)c(C)c1C. The Morgan fingerprint density at radius 3 is 1.53 bits per heavy atom. The molecule has 0 fully saturated rings. The maximum atomic E-state index is 6.07. The van der Waals surface area contributed by atoms with Gasteiger partial charge in [0.05, 0.1) is 0 Å². The molecule has 0 aliphatic heterocycles. The van der Waals surface area contributed by atoms with E-state index < -0.39 is 0 Å². The molecule has 0 amide bonds. The van der Waals surface area contributed by atoms with Gasteiger partial charge in [0.2, 0.25) is 0 Å². The minimum atomic E-state index is -0.0528. The Kier molecular flexibility index (Phi) is 3.35. The minimum absolute atomic E-state index is 0.0528. The van der Waals surface area contributed by atoms with Crippen molar-refractivity contribution in [1.82, 2.24) is 0 Å². The van der Waals surface area contributed by atoms with Gasteiger partial charge in [-0.25, -0.2) is 0 Å². The third-order valence-electron chi connectivity index (χ3n) is 3.65. The van der Waals surface area contributed by atoms with E-state index in [4.69, 9.17) is 5.73 Å². The van der Waals surface area contributed by atoms with Crippen LogP contribution in [-0.2, 0) is 0 Å². The summed E-state index contributed by atoms with van der Waals surface area (Å²) >= 11 is 0. The third-order valence-corrected chi connectivity index (χ3v) is 3.65. The zero-order valence-corrected chi connectivity index (χ0v) is 10.4. The molecule has 0 aliphatic rings. The van der Waals surface area contributed by atoms with Gasteiger partial charge in [-0.1, -0.05) is 6.08 Å². The van der Waals surface area contributed by atoms with Crippen LogP contribution in [0.4, 0.5) is 0 Å². The van der Waals surface area contributed by atoms with Gasteiger partial charge in [-0.15, -0.1) is 6.58 Å². The summed E-state index contributed by atoms with van der Waals surface area (Å²) < 4.78 is 0. The molecule has 1 heteroatoms. The topological polar surface area (TPSA) is 26.0 Å². The van der Waals surface area contributed by atoms with Crippen molar-refractivity contribution in [2.24, 2.45) is 5.73 Å². The van der Waals surface area contributed by atoms with E-state index in [2.05, 4.69) is 41.2 Å². The Bertz CT molecular complexity index is 373. The lowest BCUT2D eigenvalue weighted by atomic mass is 9.86. The second-order valence-electron chi connectivity index (χ2n) is 4.30. The fourth-order valence-electron chi connectivity index (χ4n) is 2.15. The molecule has 0 radical (unpaired) electrons. The van der Waals surface area contributed by atoms with Gasteiger partial charge in [0.1, 0.15) is 0 Å². The molecule has 1 aromatic rings. The molecule has 0 heterocycles. The van der Waals surface area contributed by atoms with E-state index in [1.54, 1.807) is 0 Å². The largest absolute Gasteiger partial charge is 0.321 e. The molecule has 0 saturated heterocycles. The highest BCUT2D eigenvalue weighted by molar-refractivity contribution is 5.51. The molecular formula is C14H21N. The summed E-state index contributed by atoms with van der Waals surface area (Å²) in [5, 5.41) is 0. The van der Waals surface area contributed by atoms with E-state index in [9.17, 15) is 0 Å². The first-order valence-electron chi connectivity index (χ1n) is 5.36. The van der Waals surface area contributed by atoms with Gasteiger partial charge in [0, 0.05) is 6.04 Å². The van der Waals surface area contributed by atoms with Crippen LogP contribution in [0, 0.1) is 34.6 Å². The molecule has 0 aromatic heterocycles. The second-order valence-corrected chi connectivity index (χ2v) is 4.30. The Labute approximate surface area is 93.0 Å². The molecule has 1 nitrogen and oxygen atoms in total. The van der Waals surface area contributed by atoms with Gasteiger partial charge < -0.3 is 5.73 Å². The van der Waals surface area contributed by atoms with Crippen LogP contribution in [0.25, 0.3) is 0 Å². The summed E-state index contributed by atoms with van der Waals surface area (Å²) in [5.74, 6) is 0. The van der Waals surface area contributed by atoms with Crippen molar-refractivity contribution >= 4 is 0 Å². The van der Waals surface area contributed by atoms with Gasteiger partial charge in [-0.2, -0.15) is 0 Å². The van der Waals surface area contributed by atoms with Crippen LogP contribution < -0.4 is 5.73 Å². The van der Waals surface area contributed by atoms with Crippen LogP contribution in [-0.4, -0.2) is 0 Å². The number of nitrogens with two attached hydrogens (primary N) is 1. The van der Waals surface area contributed by atoms with E-state index in [1.807, 2.05) is 6.08 Å². The lowest BCUT2D eigenvalue weighted by molar-refractivity contribution is 0.879. The lowest BCUT2D eigenvalue weighted by Crippen LogP contribution is -2.13. The molecule has 0 spiro atoms. The van der Waals surface area contributed by atoms with E-state index in [0.29, 0.717) is 0 Å². The molecule has 82 valence electrons. The van der Waals surface area contributed by atoms with Crippen LogP contribution >= 0.6 is 0 Å². The normalized spacial score (nSPS) is 12.7. The maximum absolute atomic E-state index is 6.07. The van der Waals surface area contributed by atoms with E-state index in [-0.39, 0.29) is 6.04 Å². The number of rotatable bonds is 2. The first-order valence-corrected chi connectivity index (χ1v) is 5.36. The Balaban J connectivity index is 3.59. The highest BCUT2D eigenvalue weighted by Gasteiger charge is 2.15. The third kappa shape index (κ3) is 1.84. The highest BCUT2D eigenvalue weighted by Crippen LogP contribution is 2.29. The molecule has 0 bridgehead atoms. The molecule has 2 N–H and O–H groups in total. The Morgan fingerprint density at radius 1 is 0.867 bits per heavy atom. The molecule has 0 unspecified atom stereocenters. The summed E-state index contributed by atoms with van der Waals surface area (Å²) in [7, 11) is 0. The van der Waals surface area contributed by atoms with Crippen molar-refractivity contribution in [2.75, 3.05) is 0 Å². The summed E-state index contributed by atoms with van der Waals surface area (Å²) in [6, 6.07) is -0.0528. The smallest absolute Gasteiger partial charge is 0.0484 e. The van der Waals surface area contributed by atoms with Gasteiger partial charge in [-0.05, 0) is 68.0 Å². The molecule has 1 aromatic carbocycles. The molecule has 0 saturated carbocycles. The zero-order valence-electron chi connectivity index (χ0n) is 10.4.